The van der Waals surface area contributed by atoms with Gasteiger partial charge in [0.05, 0.1) is 0 Å². The lowest BCUT2D eigenvalue weighted by Crippen LogP contribution is -2.37. The van der Waals surface area contributed by atoms with Crippen LogP contribution in [0.3, 0.4) is 0 Å². The monoisotopic (exact) mass is 416 g/mol. The Morgan fingerprint density at radius 3 is 2.53 bits per heavy atom. The number of guanidine groups is 1. The molecule has 3 rings (SSSR count). The van der Waals surface area contributed by atoms with E-state index in [4.69, 9.17) is 9.47 Å². The Hall–Kier alpha value is -1.63. The molecule has 2 aliphatic rings. The standard InChI is InChI=1S/C24H40N4O2/c1-25-24(26-12-5-15-30-20-23-10-16-29-17-11-23)27-18-21-6-8-22(9-7-21)19-28-13-3-2-4-14-28/h6-9,23H,2-5,10-20H2,1H3,(H2,25,26,27). The molecule has 2 N–H and O–H groups in total. The van der Waals surface area contributed by atoms with Crippen molar-refractivity contribution in [3.63, 3.8) is 0 Å². The summed E-state index contributed by atoms with van der Waals surface area (Å²) in [6.45, 7) is 8.64. The van der Waals surface area contributed by atoms with Gasteiger partial charge in [0.2, 0.25) is 0 Å². The second-order valence-electron chi connectivity index (χ2n) is 8.49. The minimum atomic E-state index is 0.674. The number of hydrogen-bond acceptors (Lipinski definition) is 4. The Kier molecular flexibility index (Phi) is 10.5. The van der Waals surface area contributed by atoms with Crippen molar-refractivity contribution in [1.82, 2.24) is 15.5 Å². The number of nitrogens with one attached hydrogen (secondary N) is 2. The van der Waals surface area contributed by atoms with E-state index in [1.807, 2.05) is 7.05 Å². The molecule has 0 amide bonds. The van der Waals surface area contributed by atoms with Crippen LogP contribution in [0.5, 0.6) is 0 Å². The third kappa shape index (κ3) is 8.62. The quantitative estimate of drug-likeness (QED) is 0.349. The molecule has 6 heteroatoms. The van der Waals surface area contributed by atoms with E-state index in [1.165, 1.54) is 43.5 Å². The Labute approximate surface area is 182 Å². The highest BCUT2D eigenvalue weighted by Crippen LogP contribution is 2.15. The Balaban J connectivity index is 1.26. The maximum atomic E-state index is 5.82. The number of benzene rings is 1. The van der Waals surface area contributed by atoms with Crippen LogP contribution in [0, 0.1) is 5.92 Å². The van der Waals surface area contributed by atoms with Gasteiger partial charge in [0.15, 0.2) is 5.96 Å². The van der Waals surface area contributed by atoms with Crippen molar-refractivity contribution in [1.29, 1.82) is 0 Å². The van der Waals surface area contributed by atoms with Gasteiger partial charge in [-0.1, -0.05) is 30.7 Å². The van der Waals surface area contributed by atoms with E-state index in [1.54, 1.807) is 0 Å². The molecule has 6 nitrogen and oxygen atoms in total. The van der Waals surface area contributed by atoms with E-state index in [0.29, 0.717) is 5.92 Å². The SMILES string of the molecule is CN=C(NCCCOCC1CCOCC1)NCc1ccc(CN2CCCCC2)cc1. The largest absolute Gasteiger partial charge is 0.381 e. The molecule has 0 bridgehead atoms. The minimum absolute atomic E-state index is 0.674. The van der Waals surface area contributed by atoms with E-state index in [2.05, 4.69) is 44.8 Å². The van der Waals surface area contributed by atoms with Gasteiger partial charge in [-0.2, -0.15) is 0 Å². The molecule has 0 aliphatic carbocycles. The average Bonchev–Trinajstić information content (AvgIpc) is 2.80. The highest BCUT2D eigenvalue weighted by molar-refractivity contribution is 5.79. The number of likely N-dealkylation sites (tertiary alicyclic amines) is 1. The van der Waals surface area contributed by atoms with Crippen LogP contribution in [0.2, 0.25) is 0 Å². The van der Waals surface area contributed by atoms with Gasteiger partial charge in [-0.15, -0.1) is 0 Å². The highest BCUT2D eigenvalue weighted by atomic mass is 16.5. The first kappa shape index (κ1) is 23.0. The van der Waals surface area contributed by atoms with Gasteiger partial charge in [0, 0.05) is 53.1 Å². The molecular formula is C24H40N4O2. The molecule has 0 radical (unpaired) electrons. The van der Waals surface area contributed by atoms with Crippen LogP contribution in [-0.4, -0.2) is 64.0 Å². The first-order chi connectivity index (χ1) is 14.8. The maximum absolute atomic E-state index is 5.82. The number of piperidine rings is 1. The molecule has 0 unspecified atom stereocenters. The summed E-state index contributed by atoms with van der Waals surface area (Å²) in [6, 6.07) is 8.97. The van der Waals surface area contributed by atoms with Crippen molar-refractivity contribution in [3.05, 3.63) is 35.4 Å². The van der Waals surface area contributed by atoms with Gasteiger partial charge in [-0.3, -0.25) is 9.89 Å². The molecule has 2 aliphatic heterocycles. The number of hydrogen-bond donors (Lipinski definition) is 2. The topological polar surface area (TPSA) is 58.1 Å². The van der Waals surface area contributed by atoms with Gasteiger partial charge >= 0.3 is 0 Å². The van der Waals surface area contributed by atoms with Crippen LogP contribution >= 0.6 is 0 Å². The van der Waals surface area contributed by atoms with Crippen molar-refractivity contribution >= 4 is 5.96 Å². The smallest absolute Gasteiger partial charge is 0.191 e. The van der Waals surface area contributed by atoms with Gasteiger partial charge in [0.1, 0.15) is 0 Å². The van der Waals surface area contributed by atoms with Crippen molar-refractivity contribution in [3.8, 4) is 0 Å². The molecule has 2 heterocycles. The zero-order valence-electron chi connectivity index (χ0n) is 18.7. The first-order valence-electron chi connectivity index (χ1n) is 11.7. The molecule has 1 aromatic rings. The fourth-order valence-corrected chi connectivity index (χ4v) is 4.09. The molecular weight excluding hydrogens is 376 g/mol. The lowest BCUT2D eigenvalue weighted by molar-refractivity contribution is 0.0203. The molecule has 2 fully saturated rings. The first-order valence-corrected chi connectivity index (χ1v) is 11.7. The van der Waals surface area contributed by atoms with Gasteiger partial charge in [0.25, 0.3) is 0 Å². The third-order valence-corrected chi connectivity index (χ3v) is 6.01. The predicted molar refractivity (Wildman–Crippen MR) is 123 cm³/mol. The summed E-state index contributed by atoms with van der Waals surface area (Å²) in [4.78, 5) is 6.89. The molecule has 0 aromatic heterocycles. The Bertz CT molecular complexity index is 608. The highest BCUT2D eigenvalue weighted by Gasteiger charge is 2.13. The lowest BCUT2D eigenvalue weighted by atomic mass is 10.0. The normalized spacial score (nSPS) is 19.0. The molecule has 30 heavy (non-hydrogen) atoms. The third-order valence-electron chi connectivity index (χ3n) is 6.01. The fraction of sp³-hybridized carbons (Fsp3) is 0.708. The summed E-state index contributed by atoms with van der Waals surface area (Å²) in [6.07, 6.45) is 7.32. The van der Waals surface area contributed by atoms with Crippen LogP contribution in [0.15, 0.2) is 29.3 Å². The van der Waals surface area contributed by atoms with Gasteiger partial charge in [-0.05, 0) is 62.2 Å². The fourth-order valence-electron chi connectivity index (χ4n) is 4.09. The summed E-state index contributed by atoms with van der Waals surface area (Å²) in [5, 5.41) is 6.78. The second-order valence-corrected chi connectivity index (χ2v) is 8.49. The maximum Gasteiger partial charge on any atom is 0.191 e. The van der Waals surface area contributed by atoms with E-state index in [9.17, 15) is 0 Å². The lowest BCUT2D eigenvalue weighted by Gasteiger charge is -2.26. The summed E-state index contributed by atoms with van der Waals surface area (Å²) >= 11 is 0. The zero-order chi connectivity index (χ0) is 20.9. The van der Waals surface area contributed by atoms with Crippen molar-refractivity contribution in [2.75, 3.05) is 53.1 Å². The van der Waals surface area contributed by atoms with Crippen molar-refractivity contribution in [2.45, 2.75) is 51.6 Å². The van der Waals surface area contributed by atoms with Crippen LogP contribution in [0.4, 0.5) is 0 Å². The molecule has 2 saturated heterocycles. The molecule has 0 saturated carbocycles. The number of ether oxygens (including phenoxy) is 2. The molecule has 0 spiro atoms. The van der Waals surface area contributed by atoms with Crippen molar-refractivity contribution < 1.29 is 9.47 Å². The van der Waals surface area contributed by atoms with Crippen molar-refractivity contribution in [2.24, 2.45) is 10.9 Å². The zero-order valence-corrected chi connectivity index (χ0v) is 18.7. The predicted octanol–water partition coefficient (Wildman–Crippen LogP) is 3.17. The number of nitrogens with zero attached hydrogens (tertiary/aromatic N) is 2. The van der Waals surface area contributed by atoms with E-state index in [-0.39, 0.29) is 0 Å². The summed E-state index contributed by atoms with van der Waals surface area (Å²) < 4.78 is 11.2. The van der Waals surface area contributed by atoms with E-state index < -0.39 is 0 Å². The van der Waals surface area contributed by atoms with E-state index >= 15 is 0 Å². The number of rotatable bonds is 10. The van der Waals surface area contributed by atoms with Crippen LogP contribution in [-0.2, 0) is 22.6 Å². The molecule has 168 valence electrons. The number of aliphatic imine (C=N–C) groups is 1. The van der Waals surface area contributed by atoms with Crippen LogP contribution in [0.1, 0.15) is 49.7 Å². The van der Waals surface area contributed by atoms with Crippen LogP contribution < -0.4 is 10.6 Å². The average molecular weight is 417 g/mol. The Morgan fingerprint density at radius 1 is 1.07 bits per heavy atom. The molecule has 1 aromatic carbocycles. The Morgan fingerprint density at radius 2 is 1.80 bits per heavy atom. The second kappa shape index (κ2) is 13.6. The summed E-state index contributed by atoms with van der Waals surface area (Å²) in [7, 11) is 1.82. The summed E-state index contributed by atoms with van der Waals surface area (Å²) in [5.74, 6) is 1.52. The van der Waals surface area contributed by atoms with E-state index in [0.717, 1.165) is 71.3 Å². The van der Waals surface area contributed by atoms with Gasteiger partial charge < -0.3 is 20.1 Å². The minimum Gasteiger partial charge on any atom is -0.381 e. The van der Waals surface area contributed by atoms with Gasteiger partial charge in [-0.25, -0.2) is 0 Å². The summed E-state index contributed by atoms with van der Waals surface area (Å²) in [5.41, 5.74) is 2.68. The molecule has 0 atom stereocenters. The van der Waals surface area contributed by atoms with Crippen LogP contribution in [0.25, 0.3) is 0 Å².